The molecule has 0 saturated heterocycles. The monoisotopic (exact) mass is 145 g/mol. The Balaban J connectivity index is 3.69. The van der Waals surface area contributed by atoms with E-state index >= 15 is 0 Å². The zero-order valence-electron chi connectivity index (χ0n) is 5.72. The summed E-state index contributed by atoms with van der Waals surface area (Å²) in [6.45, 7) is 3.86. The quantitative estimate of drug-likeness (QED) is 0.465. The van der Waals surface area contributed by atoms with Gasteiger partial charge in [0.15, 0.2) is 5.78 Å². The van der Waals surface area contributed by atoms with Gasteiger partial charge in [0.05, 0.1) is 5.71 Å². The minimum absolute atomic E-state index is 0.0387. The summed E-state index contributed by atoms with van der Waals surface area (Å²) >= 11 is 3.95. The van der Waals surface area contributed by atoms with Gasteiger partial charge in [0.25, 0.3) is 0 Å². The SMILES string of the molecule is CC(=O)/C(C)=N/CCS. The Hall–Kier alpha value is -0.310. The van der Waals surface area contributed by atoms with Gasteiger partial charge in [-0.05, 0) is 6.92 Å². The molecule has 9 heavy (non-hydrogen) atoms. The topological polar surface area (TPSA) is 29.4 Å². The molecule has 0 aromatic heterocycles. The van der Waals surface area contributed by atoms with E-state index in [1.165, 1.54) is 6.92 Å². The first-order valence-electron chi connectivity index (χ1n) is 2.81. The Labute approximate surface area is 60.8 Å². The van der Waals surface area contributed by atoms with E-state index in [1.807, 2.05) is 0 Å². The first kappa shape index (κ1) is 8.69. The molecule has 0 radical (unpaired) electrons. The minimum Gasteiger partial charge on any atom is -0.293 e. The summed E-state index contributed by atoms with van der Waals surface area (Å²) in [6, 6.07) is 0. The Morgan fingerprint density at radius 2 is 2.11 bits per heavy atom. The highest BCUT2D eigenvalue weighted by Crippen LogP contribution is 1.81. The predicted octanol–water partition coefficient (Wildman–Crippen LogP) is 0.966. The van der Waals surface area contributed by atoms with Crippen LogP contribution in [0.5, 0.6) is 0 Å². The number of ketones is 1. The Kier molecular flexibility index (Phi) is 4.40. The van der Waals surface area contributed by atoms with Crippen molar-refractivity contribution in [1.82, 2.24) is 0 Å². The van der Waals surface area contributed by atoms with E-state index in [0.717, 1.165) is 0 Å². The fourth-order valence-electron chi connectivity index (χ4n) is 0.329. The first-order chi connectivity index (χ1) is 4.18. The number of carbonyl (C=O) groups excluding carboxylic acids is 1. The van der Waals surface area contributed by atoms with Gasteiger partial charge in [-0.1, -0.05) is 0 Å². The van der Waals surface area contributed by atoms with Crippen LogP contribution in [-0.4, -0.2) is 23.8 Å². The summed E-state index contributed by atoms with van der Waals surface area (Å²) in [7, 11) is 0. The van der Waals surface area contributed by atoms with Crippen LogP contribution in [0.15, 0.2) is 4.99 Å². The molecule has 0 aliphatic carbocycles. The second-order valence-corrected chi connectivity index (χ2v) is 2.19. The average molecular weight is 145 g/mol. The van der Waals surface area contributed by atoms with Crippen molar-refractivity contribution in [3.05, 3.63) is 0 Å². The molecule has 0 fully saturated rings. The second kappa shape index (κ2) is 4.56. The predicted molar refractivity (Wildman–Crippen MR) is 42.5 cm³/mol. The van der Waals surface area contributed by atoms with Crippen LogP contribution in [0.1, 0.15) is 13.8 Å². The summed E-state index contributed by atoms with van der Waals surface area (Å²) in [5.74, 6) is 0.738. The van der Waals surface area contributed by atoms with Crippen LogP contribution < -0.4 is 0 Å². The van der Waals surface area contributed by atoms with E-state index < -0.39 is 0 Å². The molecule has 0 aromatic carbocycles. The number of carbonyl (C=O) groups is 1. The molecular formula is C6H11NOS. The molecule has 0 amide bonds. The third kappa shape index (κ3) is 4.21. The highest BCUT2D eigenvalue weighted by atomic mass is 32.1. The van der Waals surface area contributed by atoms with E-state index in [9.17, 15) is 4.79 Å². The molecule has 0 N–H and O–H groups in total. The maximum absolute atomic E-state index is 10.5. The van der Waals surface area contributed by atoms with Gasteiger partial charge in [-0.3, -0.25) is 9.79 Å². The number of hydrogen-bond donors (Lipinski definition) is 1. The van der Waals surface area contributed by atoms with Crippen molar-refractivity contribution in [2.45, 2.75) is 13.8 Å². The Morgan fingerprint density at radius 3 is 2.44 bits per heavy atom. The van der Waals surface area contributed by atoms with Gasteiger partial charge < -0.3 is 0 Å². The molecule has 52 valence electrons. The number of Topliss-reactive ketones (excluding diaryl/α,β-unsaturated/α-hetero) is 1. The molecule has 3 heteroatoms. The number of aliphatic imine (C=N–C) groups is 1. The fraction of sp³-hybridized carbons (Fsp3) is 0.667. The lowest BCUT2D eigenvalue weighted by Gasteiger charge is -1.90. The van der Waals surface area contributed by atoms with Gasteiger partial charge in [-0.25, -0.2) is 0 Å². The van der Waals surface area contributed by atoms with Crippen molar-refractivity contribution in [1.29, 1.82) is 0 Å². The molecule has 0 bridgehead atoms. The molecule has 0 aliphatic heterocycles. The molecule has 0 aliphatic rings. The molecule has 0 heterocycles. The lowest BCUT2D eigenvalue weighted by molar-refractivity contribution is -0.111. The first-order valence-corrected chi connectivity index (χ1v) is 3.44. The van der Waals surface area contributed by atoms with Gasteiger partial charge in [-0.2, -0.15) is 12.6 Å². The maximum atomic E-state index is 10.5. The van der Waals surface area contributed by atoms with E-state index in [1.54, 1.807) is 6.92 Å². The fourth-order valence-corrected chi connectivity index (χ4v) is 0.429. The molecule has 0 spiro atoms. The van der Waals surface area contributed by atoms with Gasteiger partial charge in [0.1, 0.15) is 0 Å². The maximum Gasteiger partial charge on any atom is 0.173 e. The largest absolute Gasteiger partial charge is 0.293 e. The van der Waals surface area contributed by atoms with Crippen molar-refractivity contribution < 1.29 is 4.79 Å². The zero-order chi connectivity index (χ0) is 7.28. The lowest BCUT2D eigenvalue weighted by atomic mass is 10.3. The minimum atomic E-state index is 0.0387. The van der Waals surface area contributed by atoms with Crippen molar-refractivity contribution in [2.24, 2.45) is 4.99 Å². The van der Waals surface area contributed by atoms with Gasteiger partial charge in [0, 0.05) is 19.2 Å². The highest BCUT2D eigenvalue weighted by Gasteiger charge is 1.94. The second-order valence-electron chi connectivity index (χ2n) is 1.75. The summed E-state index contributed by atoms with van der Waals surface area (Å²) in [5, 5.41) is 0. The van der Waals surface area contributed by atoms with Crippen LogP contribution >= 0.6 is 12.6 Å². The van der Waals surface area contributed by atoms with Gasteiger partial charge in [0.2, 0.25) is 0 Å². The van der Waals surface area contributed by atoms with E-state index in [2.05, 4.69) is 17.6 Å². The van der Waals surface area contributed by atoms with Crippen LogP contribution in [0.3, 0.4) is 0 Å². The summed E-state index contributed by atoms with van der Waals surface area (Å²) in [6.07, 6.45) is 0. The van der Waals surface area contributed by atoms with E-state index in [-0.39, 0.29) is 5.78 Å². The number of rotatable bonds is 3. The van der Waals surface area contributed by atoms with Crippen molar-refractivity contribution in [2.75, 3.05) is 12.3 Å². The highest BCUT2D eigenvalue weighted by molar-refractivity contribution is 7.80. The zero-order valence-corrected chi connectivity index (χ0v) is 6.61. The van der Waals surface area contributed by atoms with Crippen molar-refractivity contribution >= 4 is 24.1 Å². The molecule has 0 unspecified atom stereocenters. The Bertz CT molecular complexity index is 131. The average Bonchev–Trinajstić information content (AvgIpc) is 1.82. The number of nitrogens with zero attached hydrogens (tertiary/aromatic N) is 1. The van der Waals surface area contributed by atoms with Crippen molar-refractivity contribution in [3.8, 4) is 0 Å². The van der Waals surface area contributed by atoms with Crippen molar-refractivity contribution in [3.63, 3.8) is 0 Å². The number of thiol groups is 1. The summed E-state index contributed by atoms with van der Waals surface area (Å²) < 4.78 is 0. The van der Waals surface area contributed by atoms with E-state index in [0.29, 0.717) is 18.0 Å². The van der Waals surface area contributed by atoms with Crippen LogP contribution in [-0.2, 0) is 4.79 Å². The molecule has 0 aromatic rings. The van der Waals surface area contributed by atoms with Crippen LogP contribution in [0, 0.1) is 0 Å². The summed E-state index contributed by atoms with van der Waals surface area (Å²) in [4.78, 5) is 14.4. The lowest BCUT2D eigenvalue weighted by Crippen LogP contribution is -2.05. The molecule has 0 rings (SSSR count). The molecular weight excluding hydrogens is 134 g/mol. The molecule has 0 atom stereocenters. The van der Waals surface area contributed by atoms with Crippen LogP contribution in [0.25, 0.3) is 0 Å². The van der Waals surface area contributed by atoms with E-state index in [4.69, 9.17) is 0 Å². The van der Waals surface area contributed by atoms with Gasteiger partial charge >= 0.3 is 0 Å². The standard InChI is InChI=1S/C6H11NOS/c1-5(6(2)8)7-3-4-9/h9H,3-4H2,1-2H3/b7-5+. The molecule has 2 nitrogen and oxygen atoms in total. The normalized spacial score (nSPS) is 11.7. The molecule has 0 saturated carbocycles. The van der Waals surface area contributed by atoms with Gasteiger partial charge in [-0.15, -0.1) is 0 Å². The summed E-state index contributed by atoms with van der Waals surface area (Å²) in [5.41, 5.74) is 0.587. The smallest absolute Gasteiger partial charge is 0.173 e. The van der Waals surface area contributed by atoms with Crippen LogP contribution in [0.2, 0.25) is 0 Å². The third-order valence-electron chi connectivity index (χ3n) is 0.958. The van der Waals surface area contributed by atoms with Crippen LogP contribution in [0.4, 0.5) is 0 Å². The third-order valence-corrected chi connectivity index (χ3v) is 1.16. The number of hydrogen-bond acceptors (Lipinski definition) is 3. The Morgan fingerprint density at radius 1 is 1.56 bits per heavy atom.